The summed E-state index contributed by atoms with van der Waals surface area (Å²) in [6.45, 7) is 1.88. The summed E-state index contributed by atoms with van der Waals surface area (Å²) in [5.41, 5.74) is 0. The molecule has 0 aliphatic heterocycles. The van der Waals surface area contributed by atoms with E-state index in [-0.39, 0.29) is 12.4 Å². The molecular formula is C6H6O5. The molecule has 1 aromatic heterocycles. The van der Waals surface area contributed by atoms with E-state index < -0.39 is 11.8 Å². The summed E-state index contributed by atoms with van der Waals surface area (Å²) in [4.78, 5) is 21.0. The van der Waals surface area contributed by atoms with E-state index in [0.29, 0.717) is 0 Å². The van der Waals surface area contributed by atoms with Gasteiger partial charge in [-0.05, 0) is 6.92 Å². The minimum Gasteiger partial charge on any atom is -0.460 e. The van der Waals surface area contributed by atoms with E-state index in [4.69, 9.17) is 0 Å². The van der Waals surface area contributed by atoms with Crippen molar-refractivity contribution in [1.29, 1.82) is 0 Å². The first-order valence-electron chi connectivity index (χ1n) is 2.99. The van der Waals surface area contributed by atoms with Gasteiger partial charge in [-0.15, -0.1) is 0 Å². The van der Waals surface area contributed by atoms with Crippen molar-refractivity contribution in [2.45, 2.75) is 6.92 Å². The van der Waals surface area contributed by atoms with Crippen LogP contribution in [0.15, 0.2) is 19.9 Å². The lowest BCUT2D eigenvalue weighted by atomic mass is 10.5. The first kappa shape index (κ1) is 7.59. The largest absolute Gasteiger partial charge is 0.519 e. The summed E-state index contributed by atoms with van der Waals surface area (Å²) in [5.74, 6) is -1.82. The van der Waals surface area contributed by atoms with Crippen LogP contribution in [0.2, 0.25) is 0 Å². The van der Waals surface area contributed by atoms with Crippen molar-refractivity contribution in [3.63, 3.8) is 0 Å². The Kier molecular flexibility index (Phi) is 2.10. The predicted molar refractivity (Wildman–Crippen MR) is 33.2 cm³/mol. The molecule has 1 rings (SSSR count). The zero-order chi connectivity index (χ0) is 8.27. The average Bonchev–Trinajstić information content (AvgIpc) is 2.36. The van der Waals surface area contributed by atoms with Gasteiger partial charge in [-0.25, -0.2) is 9.59 Å². The SMILES string of the molecule is CCOC(=O)c1coc(=O)o1. The zero-order valence-electron chi connectivity index (χ0n) is 5.83. The summed E-state index contributed by atoms with van der Waals surface area (Å²) in [6.07, 6.45) is 0.917. The van der Waals surface area contributed by atoms with E-state index in [0.717, 1.165) is 6.26 Å². The highest BCUT2D eigenvalue weighted by Crippen LogP contribution is 1.97. The second kappa shape index (κ2) is 3.05. The topological polar surface area (TPSA) is 69.7 Å². The van der Waals surface area contributed by atoms with Crippen molar-refractivity contribution in [1.82, 2.24) is 0 Å². The van der Waals surface area contributed by atoms with Gasteiger partial charge in [-0.3, -0.25) is 0 Å². The molecule has 60 valence electrons. The van der Waals surface area contributed by atoms with Crippen molar-refractivity contribution in [2.75, 3.05) is 6.61 Å². The summed E-state index contributed by atoms with van der Waals surface area (Å²) in [6, 6.07) is 0. The maximum Gasteiger partial charge on any atom is 0.519 e. The standard InChI is InChI=1S/C6H6O5/c1-2-9-5(7)4-3-10-6(8)11-4/h3H,2H2,1H3. The molecule has 0 amide bonds. The zero-order valence-corrected chi connectivity index (χ0v) is 5.83. The highest BCUT2D eigenvalue weighted by Gasteiger charge is 2.11. The molecule has 0 saturated carbocycles. The number of carbonyl (C=O) groups is 1. The molecule has 0 atom stereocenters. The maximum atomic E-state index is 10.7. The van der Waals surface area contributed by atoms with Crippen molar-refractivity contribution in [3.8, 4) is 0 Å². The number of carbonyl (C=O) groups excluding carboxylic acids is 1. The fourth-order valence-corrected chi connectivity index (χ4v) is 0.532. The third kappa shape index (κ3) is 1.70. The summed E-state index contributed by atoms with van der Waals surface area (Å²) < 4.78 is 13.0. The Morgan fingerprint density at radius 2 is 2.45 bits per heavy atom. The van der Waals surface area contributed by atoms with Gasteiger partial charge >= 0.3 is 11.8 Å². The van der Waals surface area contributed by atoms with E-state index in [1.165, 1.54) is 0 Å². The predicted octanol–water partition coefficient (Wildman–Crippen LogP) is 0.409. The molecule has 1 aromatic rings. The van der Waals surface area contributed by atoms with Crippen LogP contribution in [0.3, 0.4) is 0 Å². The third-order valence-electron chi connectivity index (χ3n) is 0.932. The first-order valence-corrected chi connectivity index (χ1v) is 2.99. The smallest absolute Gasteiger partial charge is 0.460 e. The number of hydrogen-bond acceptors (Lipinski definition) is 5. The van der Waals surface area contributed by atoms with Crippen LogP contribution in [0.4, 0.5) is 0 Å². The Bertz CT molecular complexity index is 294. The lowest BCUT2D eigenvalue weighted by Gasteiger charge is -1.93. The van der Waals surface area contributed by atoms with Crippen LogP contribution < -0.4 is 5.82 Å². The number of esters is 1. The van der Waals surface area contributed by atoms with Crippen LogP contribution in [-0.2, 0) is 4.74 Å². The molecule has 0 aliphatic rings. The Morgan fingerprint density at radius 1 is 1.73 bits per heavy atom. The molecule has 5 heteroatoms. The first-order chi connectivity index (χ1) is 5.24. The lowest BCUT2D eigenvalue weighted by Crippen LogP contribution is -2.03. The fraction of sp³-hybridized carbons (Fsp3) is 0.333. The molecule has 11 heavy (non-hydrogen) atoms. The second-order valence-corrected chi connectivity index (χ2v) is 1.67. The van der Waals surface area contributed by atoms with Crippen LogP contribution in [0.25, 0.3) is 0 Å². The Hall–Kier alpha value is -1.52. The van der Waals surface area contributed by atoms with Gasteiger partial charge < -0.3 is 13.6 Å². The van der Waals surface area contributed by atoms with Gasteiger partial charge in [0.2, 0.25) is 0 Å². The van der Waals surface area contributed by atoms with Gasteiger partial charge in [0.25, 0.3) is 5.76 Å². The fourth-order valence-electron chi connectivity index (χ4n) is 0.532. The van der Waals surface area contributed by atoms with Crippen molar-refractivity contribution in [3.05, 3.63) is 22.6 Å². The average molecular weight is 158 g/mol. The molecule has 0 aromatic carbocycles. The van der Waals surface area contributed by atoms with Crippen LogP contribution in [-0.4, -0.2) is 12.6 Å². The van der Waals surface area contributed by atoms with E-state index in [1.807, 2.05) is 0 Å². The van der Waals surface area contributed by atoms with Crippen LogP contribution in [0, 0.1) is 0 Å². The van der Waals surface area contributed by atoms with E-state index in [1.54, 1.807) is 6.92 Å². The minimum absolute atomic E-state index is 0.211. The van der Waals surface area contributed by atoms with Crippen LogP contribution >= 0.6 is 0 Å². The molecule has 0 fully saturated rings. The minimum atomic E-state index is -0.909. The molecule has 0 bridgehead atoms. The van der Waals surface area contributed by atoms with Gasteiger partial charge in [-0.1, -0.05) is 0 Å². The molecular weight excluding hydrogens is 152 g/mol. The maximum absolute atomic E-state index is 10.7. The van der Waals surface area contributed by atoms with Gasteiger partial charge in [-0.2, -0.15) is 0 Å². The third-order valence-corrected chi connectivity index (χ3v) is 0.932. The number of hydrogen-bond donors (Lipinski definition) is 0. The highest BCUT2D eigenvalue weighted by atomic mass is 16.6. The summed E-state index contributed by atoms with van der Waals surface area (Å²) in [5, 5.41) is 0. The summed E-state index contributed by atoms with van der Waals surface area (Å²) in [7, 11) is 0. The van der Waals surface area contributed by atoms with Gasteiger partial charge in [0.1, 0.15) is 6.26 Å². The second-order valence-electron chi connectivity index (χ2n) is 1.67. The molecule has 1 heterocycles. The molecule has 0 radical (unpaired) electrons. The highest BCUT2D eigenvalue weighted by molar-refractivity contribution is 5.85. The van der Waals surface area contributed by atoms with E-state index in [2.05, 4.69) is 13.6 Å². The van der Waals surface area contributed by atoms with Crippen molar-refractivity contribution < 1.29 is 18.4 Å². The molecule has 0 spiro atoms. The molecule has 0 N–H and O–H groups in total. The Balaban J connectivity index is 2.76. The number of ether oxygens (including phenoxy) is 1. The molecule has 0 unspecified atom stereocenters. The Labute approximate surface area is 61.6 Å². The summed E-state index contributed by atoms with van der Waals surface area (Å²) >= 11 is 0. The van der Waals surface area contributed by atoms with E-state index >= 15 is 0 Å². The van der Waals surface area contributed by atoms with Crippen molar-refractivity contribution >= 4 is 5.97 Å². The Morgan fingerprint density at radius 3 is 2.91 bits per heavy atom. The quantitative estimate of drug-likeness (QED) is 0.583. The van der Waals surface area contributed by atoms with Gasteiger partial charge in [0.15, 0.2) is 0 Å². The monoisotopic (exact) mass is 158 g/mol. The lowest BCUT2D eigenvalue weighted by molar-refractivity contribution is 0.0488. The molecule has 0 aliphatic carbocycles. The normalized spacial score (nSPS) is 9.55. The van der Waals surface area contributed by atoms with Gasteiger partial charge in [0, 0.05) is 0 Å². The van der Waals surface area contributed by atoms with Crippen molar-refractivity contribution in [2.24, 2.45) is 0 Å². The van der Waals surface area contributed by atoms with Gasteiger partial charge in [0.05, 0.1) is 6.61 Å². The molecule has 5 nitrogen and oxygen atoms in total. The van der Waals surface area contributed by atoms with E-state index in [9.17, 15) is 9.59 Å². The van der Waals surface area contributed by atoms with Crippen LogP contribution in [0.1, 0.15) is 17.5 Å². The number of rotatable bonds is 2. The van der Waals surface area contributed by atoms with Crippen LogP contribution in [0.5, 0.6) is 0 Å². The molecule has 0 saturated heterocycles.